The van der Waals surface area contributed by atoms with Crippen molar-refractivity contribution >= 4 is 6.47 Å². The zero-order valence-corrected chi connectivity index (χ0v) is 6.90. The van der Waals surface area contributed by atoms with Gasteiger partial charge < -0.3 is 4.74 Å². The zero-order valence-electron chi connectivity index (χ0n) is 6.90. The van der Waals surface area contributed by atoms with Crippen LogP contribution in [-0.2, 0) is 9.53 Å². The molecule has 70 valence electrons. The van der Waals surface area contributed by atoms with Crippen LogP contribution in [0, 0.1) is 10.1 Å². The van der Waals surface area contributed by atoms with Gasteiger partial charge in [0, 0.05) is 11.3 Å². The van der Waals surface area contributed by atoms with E-state index in [0.29, 0.717) is 19.5 Å². The predicted molar refractivity (Wildman–Crippen MR) is 42.3 cm³/mol. The molecule has 0 N–H and O–H groups in total. The van der Waals surface area contributed by atoms with E-state index in [2.05, 4.69) is 4.74 Å². The Bertz CT molecular complexity index is 137. The van der Waals surface area contributed by atoms with Crippen LogP contribution in [0.1, 0.15) is 25.7 Å². The smallest absolute Gasteiger partial charge is 0.293 e. The Hall–Kier alpha value is -1.13. The monoisotopic (exact) mass is 175 g/mol. The number of hydrogen-bond donors (Lipinski definition) is 0. The topological polar surface area (TPSA) is 69.4 Å². The quantitative estimate of drug-likeness (QED) is 0.239. The molecule has 0 fully saturated rings. The van der Waals surface area contributed by atoms with Crippen LogP contribution in [0.15, 0.2) is 0 Å². The molecular formula is C7H13NO4. The van der Waals surface area contributed by atoms with Crippen molar-refractivity contribution in [1.82, 2.24) is 0 Å². The highest BCUT2D eigenvalue weighted by atomic mass is 16.6. The van der Waals surface area contributed by atoms with Crippen molar-refractivity contribution in [2.75, 3.05) is 13.2 Å². The third-order valence-corrected chi connectivity index (χ3v) is 1.42. The van der Waals surface area contributed by atoms with Gasteiger partial charge in [0.25, 0.3) is 6.47 Å². The summed E-state index contributed by atoms with van der Waals surface area (Å²) in [6, 6.07) is 0. The van der Waals surface area contributed by atoms with Gasteiger partial charge in [-0.05, 0) is 19.3 Å². The number of ether oxygens (including phenoxy) is 1. The first-order chi connectivity index (χ1) is 5.77. The van der Waals surface area contributed by atoms with Gasteiger partial charge >= 0.3 is 0 Å². The first-order valence-electron chi connectivity index (χ1n) is 3.94. The van der Waals surface area contributed by atoms with Gasteiger partial charge in [0.2, 0.25) is 6.54 Å². The summed E-state index contributed by atoms with van der Waals surface area (Å²) in [6.45, 7) is 0.869. The summed E-state index contributed by atoms with van der Waals surface area (Å²) in [7, 11) is 0. The first-order valence-corrected chi connectivity index (χ1v) is 3.94. The lowest BCUT2D eigenvalue weighted by Crippen LogP contribution is -2.00. The third-order valence-electron chi connectivity index (χ3n) is 1.42. The molecule has 0 aliphatic carbocycles. The van der Waals surface area contributed by atoms with Crippen LogP contribution in [0.4, 0.5) is 0 Å². The molecule has 12 heavy (non-hydrogen) atoms. The highest BCUT2D eigenvalue weighted by Gasteiger charge is 1.96. The van der Waals surface area contributed by atoms with E-state index >= 15 is 0 Å². The van der Waals surface area contributed by atoms with Crippen molar-refractivity contribution in [3.63, 3.8) is 0 Å². The summed E-state index contributed by atoms with van der Waals surface area (Å²) in [5.41, 5.74) is 0. The highest BCUT2D eigenvalue weighted by molar-refractivity contribution is 5.36. The number of nitrogens with zero attached hydrogens (tertiary/aromatic N) is 1. The average Bonchev–Trinajstić information content (AvgIpc) is 2.02. The molecule has 0 aromatic rings. The standard InChI is InChI=1S/C7H13NO4/c9-7-12-6-4-2-1-3-5-8(10)11/h7H,1-6H2. The Kier molecular flexibility index (Phi) is 7.22. The highest BCUT2D eigenvalue weighted by Crippen LogP contribution is 1.99. The van der Waals surface area contributed by atoms with Crippen LogP contribution < -0.4 is 0 Å². The minimum atomic E-state index is -0.318. The zero-order chi connectivity index (χ0) is 9.23. The molecule has 0 heterocycles. The number of unbranched alkanes of at least 4 members (excludes halogenated alkanes) is 3. The van der Waals surface area contributed by atoms with Crippen molar-refractivity contribution in [2.24, 2.45) is 0 Å². The second kappa shape index (κ2) is 7.97. The van der Waals surface area contributed by atoms with Crippen LogP contribution in [0.2, 0.25) is 0 Å². The SMILES string of the molecule is O=COCCCCCC[N+](=O)[O-]. The Balaban J connectivity index is 2.90. The largest absolute Gasteiger partial charge is 0.468 e. The molecule has 0 atom stereocenters. The number of hydrogen-bond acceptors (Lipinski definition) is 4. The van der Waals surface area contributed by atoms with Gasteiger partial charge in [0.1, 0.15) is 0 Å². The van der Waals surface area contributed by atoms with E-state index in [1.165, 1.54) is 0 Å². The molecule has 5 nitrogen and oxygen atoms in total. The minimum Gasteiger partial charge on any atom is -0.468 e. The second-order valence-corrected chi connectivity index (χ2v) is 2.44. The van der Waals surface area contributed by atoms with Crippen molar-refractivity contribution in [3.8, 4) is 0 Å². The molecular weight excluding hydrogens is 162 g/mol. The number of nitro groups is 1. The van der Waals surface area contributed by atoms with Crippen LogP contribution in [0.25, 0.3) is 0 Å². The second-order valence-electron chi connectivity index (χ2n) is 2.44. The molecule has 0 radical (unpaired) electrons. The van der Waals surface area contributed by atoms with Crippen LogP contribution >= 0.6 is 0 Å². The van der Waals surface area contributed by atoms with E-state index in [0.717, 1.165) is 19.3 Å². The molecule has 0 saturated heterocycles. The van der Waals surface area contributed by atoms with Gasteiger partial charge in [-0.3, -0.25) is 14.9 Å². The van der Waals surface area contributed by atoms with Gasteiger partial charge in [0.05, 0.1) is 6.61 Å². The van der Waals surface area contributed by atoms with E-state index in [1.807, 2.05) is 0 Å². The van der Waals surface area contributed by atoms with Crippen LogP contribution in [0.5, 0.6) is 0 Å². The molecule has 0 amide bonds. The van der Waals surface area contributed by atoms with Gasteiger partial charge in [-0.25, -0.2) is 0 Å². The third kappa shape index (κ3) is 8.87. The predicted octanol–water partition coefficient (Wildman–Crippen LogP) is 0.996. The maximum Gasteiger partial charge on any atom is 0.293 e. The molecule has 0 unspecified atom stereocenters. The molecule has 0 aliphatic heterocycles. The van der Waals surface area contributed by atoms with E-state index < -0.39 is 0 Å². The Morgan fingerprint density at radius 1 is 1.25 bits per heavy atom. The minimum absolute atomic E-state index is 0.0362. The summed E-state index contributed by atoms with van der Waals surface area (Å²) in [5.74, 6) is 0. The van der Waals surface area contributed by atoms with Gasteiger partial charge in [-0.15, -0.1) is 0 Å². The summed E-state index contributed by atoms with van der Waals surface area (Å²) >= 11 is 0. The number of carbonyl (C=O) groups is 1. The average molecular weight is 175 g/mol. The molecule has 5 heteroatoms. The molecule has 0 aromatic carbocycles. The van der Waals surface area contributed by atoms with Crippen molar-refractivity contribution in [2.45, 2.75) is 25.7 Å². The Morgan fingerprint density at radius 3 is 2.50 bits per heavy atom. The fourth-order valence-electron chi connectivity index (χ4n) is 0.828. The van der Waals surface area contributed by atoms with Gasteiger partial charge in [-0.2, -0.15) is 0 Å². The molecule has 0 bridgehead atoms. The summed E-state index contributed by atoms with van der Waals surface area (Å²) in [5, 5.41) is 9.87. The summed E-state index contributed by atoms with van der Waals surface area (Å²) in [6.07, 6.45) is 3.09. The maximum absolute atomic E-state index is 9.87. The van der Waals surface area contributed by atoms with Crippen molar-refractivity contribution in [3.05, 3.63) is 10.1 Å². The number of rotatable bonds is 8. The summed E-state index contributed by atoms with van der Waals surface area (Å²) < 4.78 is 4.45. The van der Waals surface area contributed by atoms with E-state index in [1.54, 1.807) is 0 Å². The molecule has 0 rings (SSSR count). The molecule has 0 aliphatic rings. The summed E-state index contributed by atoms with van der Waals surface area (Å²) in [4.78, 5) is 19.2. The fraction of sp³-hybridized carbons (Fsp3) is 0.857. The van der Waals surface area contributed by atoms with Gasteiger partial charge in [0.15, 0.2) is 0 Å². The van der Waals surface area contributed by atoms with E-state index in [4.69, 9.17) is 0 Å². The number of carbonyl (C=O) groups excluding carboxylic acids is 1. The lowest BCUT2D eigenvalue weighted by Gasteiger charge is -1.97. The van der Waals surface area contributed by atoms with Crippen LogP contribution in [0.3, 0.4) is 0 Å². The fourth-order valence-corrected chi connectivity index (χ4v) is 0.828. The lowest BCUT2D eigenvalue weighted by atomic mass is 10.2. The molecule has 0 spiro atoms. The Morgan fingerprint density at radius 2 is 1.92 bits per heavy atom. The van der Waals surface area contributed by atoms with Crippen molar-refractivity contribution < 1.29 is 14.5 Å². The van der Waals surface area contributed by atoms with Gasteiger partial charge in [-0.1, -0.05) is 0 Å². The van der Waals surface area contributed by atoms with Crippen molar-refractivity contribution in [1.29, 1.82) is 0 Å². The Labute approximate surface area is 70.9 Å². The lowest BCUT2D eigenvalue weighted by molar-refractivity contribution is -0.480. The molecule has 0 saturated carbocycles. The van der Waals surface area contributed by atoms with E-state index in [9.17, 15) is 14.9 Å². The maximum atomic E-state index is 9.87. The van der Waals surface area contributed by atoms with Crippen LogP contribution in [-0.4, -0.2) is 24.5 Å². The molecule has 0 aromatic heterocycles. The van der Waals surface area contributed by atoms with E-state index in [-0.39, 0.29) is 11.5 Å². The normalized spacial score (nSPS) is 9.33. The first kappa shape index (κ1) is 10.9.